The molecule has 0 radical (unpaired) electrons. The third-order valence-corrected chi connectivity index (χ3v) is 4.68. The van der Waals surface area contributed by atoms with Gasteiger partial charge >= 0.3 is 0 Å². The van der Waals surface area contributed by atoms with Crippen molar-refractivity contribution < 1.29 is 9.32 Å². The average Bonchev–Trinajstić information content (AvgIpc) is 2.91. The van der Waals surface area contributed by atoms with Gasteiger partial charge in [-0.2, -0.15) is 0 Å². The summed E-state index contributed by atoms with van der Waals surface area (Å²) in [5.74, 6) is 0.808. The summed E-state index contributed by atoms with van der Waals surface area (Å²) in [6.45, 7) is 1.49. The number of carbonyl (C=O) groups excluding carboxylic acids is 1. The quantitative estimate of drug-likeness (QED) is 0.888. The van der Waals surface area contributed by atoms with E-state index >= 15 is 0 Å². The van der Waals surface area contributed by atoms with E-state index in [0.29, 0.717) is 6.54 Å². The Morgan fingerprint density at radius 2 is 2.33 bits per heavy atom. The van der Waals surface area contributed by atoms with Crippen molar-refractivity contribution in [1.29, 1.82) is 0 Å². The average molecular weight is 305 g/mol. The summed E-state index contributed by atoms with van der Waals surface area (Å²) < 4.78 is 5.40. The molecule has 6 heteroatoms. The molecule has 2 heterocycles. The third-order valence-electron chi connectivity index (χ3n) is 3.79. The molecular weight excluding hydrogens is 286 g/mol. The van der Waals surface area contributed by atoms with Crippen LogP contribution in [0.25, 0.3) is 10.6 Å². The van der Waals surface area contributed by atoms with Gasteiger partial charge < -0.3 is 14.7 Å². The molecule has 0 aromatic carbocycles. The van der Waals surface area contributed by atoms with Gasteiger partial charge in [-0.1, -0.05) is 11.2 Å². The Labute approximate surface area is 127 Å². The van der Waals surface area contributed by atoms with Crippen molar-refractivity contribution in [3.05, 3.63) is 29.3 Å². The van der Waals surface area contributed by atoms with Gasteiger partial charge in [0, 0.05) is 19.2 Å². The number of rotatable bonds is 6. The molecular formula is C15H19N3O2S. The van der Waals surface area contributed by atoms with E-state index in [4.69, 9.17) is 4.52 Å². The minimum absolute atomic E-state index is 0.0652. The van der Waals surface area contributed by atoms with Crippen LogP contribution in [0.1, 0.15) is 18.5 Å². The second-order valence-corrected chi connectivity index (χ2v) is 6.64. The van der Waals surface area contributed by atoms with Crippen molar-refractivity contribution in [2.45, 2.75) is 18.3 Å². The molecule has 21 heavy (non-hydrogen) atoms. The summed E-state index contributed by atoms with van der Waals surface area (Å²) in [4.78, 5) is 15.5. The van der Waals surface area contributed by atoms with E-state index in [-0.39, 0.29) is 5.91 Å². The Kier molecular flexibility index (Phi) is 3.82. The number of likely N-dealkylation sites (N-methyl/N-ethyl adjacent to an activating group) is 1. The molecule has 0 atom stereocenters. The molecule has 1 amide bonds. The minimum atomic E-state index is -0.467. The molecule has 1 saturated carbocycles. The second-order valence-electron chi connectivity index (χ2n) is 5.69. The lowest BCUT2D eigenvalue weighted by molar-refractivity contribution is -0.123. The Hall–Kier alpha value is -1.66. The fourth-order valence-corrected chi connectivity index (χ4v) is 3.00. The molecule has 2 aromatic heterocycles. The van der Waals surface area contributed by atoms with Crippen LogP contribution < -0.4 is 5.32 Å². The number of thiophene rings is 1. The third kappa shape index (κ3) is 2.87. The second kappa shape index (κ2) is 5.61. The highest BCUT2D eigenvalue weighted by molar-refractivity contribution is 7.13. The van der Waals surface area contributed by atoms with Crippen molar-refractivity contribution in [2.75, 3.05) is 27.2 Å². The highest BCUT2D eigenvalue weighted by Gasteiger charge is 2.53. The highest BCUT2D eigenvalue weighted by Crippen LogP contribution is 2.48. The van der Waals surface area contributed by atoms with Crippen molar-refractivity contribution >= 4 is 17.2 Å². The van der Waals surface area contributed by atoms with Gasteiger partial charge in [0.2, 0.25) is 5.91 Å². The highest BCUT2D eigenvalue weighted by atomic mass is 32.1. The van der Waals surface area contributed by atoms with Gasteiger partial charge in [-0.25, -0.2) is 0 Å². The maximum Gasteiger partial charge on any atom is 0.232 e. The number of nitrogens with one attached hydrogen (secondary N) is 1. The fraction of sp³-hybridized carbons (Fsp3) is 0.467. The molecule has 1 aliphatic carbocycles. The van der Waals surface area contributed by atoms with Crippen molar-refractivity contribution in [3.8, 4) is 10.6 Å². The van der Waals surface area contributed by atoms with Gasteiger partial charge in [-0.3, -0.25) is 4.79 Å². The van der Waals surface area contributed by atoms with Crippen LogP contribution in [0.15, 0.2) is 28.1 Å². The Morgan fingerprint density at radius 1 is 1.52 bits per heavy atom. The first-order valence-corrected chi connectivity index (χ1v) is 7.94. The van der Waals surface area contributed by atoms with Gasteiger partial charge in [0.1, 0.15) is 0 Å². The summed E-state index contributed by atoms with van der Waals surface area (Å²) in [6, 6.07) is 5.87. The van der Waals surface area contributed by atoms with Crippen LogP contribution in [0.2, 0.25) is 0 Å². The fourth-order valence-electron chi connectivity index (χ4n) is 2.32. The molecule has 0 saturated heterocycles. The molecule has 1 aliphatic rings. The van der Waals surface area contributed by atoms with Gasteiger partial charge in [-0.05, 0) is 38.4 Å². The molecule has 1 N–H and O–H groups in total. The van der Waals surface area contributed by atoms with E-state index in [1.807, 2.05) is 42.6 Å². The zero-order valence-corrected chi connectivity index (χ0v) is 13.1. The zero-order chi connectivity index (χ0) is 14.9. The Morgan fingerprint density at radius 3 is 2.95 bits per heavy atom. The summed E-state index contributed by atoms with van der Waals surface area (Å²) in [7, 11) is 3.98. The van der Waals surface area contributed by atoms with Crippen LogP contribution >= 0.6 is 11.3 Å². The van der Waals surface area contributed by atoms with Gasteiger partial charge in [0.15, 0.2) is 5.76 Å². The van der Waals surface area contributed by atoms with Crippen LogP contribution in [0, 0.1) is 0 Å². The number of hydrogen-bond donors (Lipinski definition) is 1. The van der Waals surface area contributed by atoms with E-state index in [9.17, 15) is 4.79 Å². The van der Waals surface area contributed by atoms with Crippen LogP contribution in [0.5, 0.6) is 0 Å². The van der Waals surface area contributed by atoms with Crippen LogP contribution in [-0.2, 0) is 10.2 Å². The monoisotopic (exact) mass is 305 g/mol. The van der Waals surface area contributed by atoms with Gasteiger partial charge in [0.25, 0.3) is 0 Å². The maximum atomic E-state index is 12.4. The first-order valence-electron chi connectivity index (χ1n) is 7.06. The van der Waals surface area contributed by atoms with E-state index in [1.54, 1.807) is 11.3 Å². The van der Waals surface area contributed by atoms with Crippen molar-refractivity contribution in [1.82, 2.24) is 15.4 Å². The maximum absolute atomic E-state index is 12.4. The Bertz CT molecular complexity index is 615. The first kappa shape index (κ1) is 14.3. The molecule has 0 unspecified atom stereocenters. The van der Waals surface area contributed by atoms with Gasteiger partial charge in [0.05, 0.1) is 16.0 Å². The van der Waals surface area contributed by atoms with Gasteiger partial charge in [-0.15, -0.1) is 11.3 Å². The van der Waals surface area contributed by atoms with Crippen LogP contribution in [-0.4, -0.2) is 43.1 Å². The van der Waals surface area contributed by atoms with Crippen LogP contribution in [0.4, 0.5) is 0 Å². The molecule has 112 valence electrons. The predicted octanol–water partition coefficient (Wildman–Crippen LogP) is 2.11. The van der Waals surface area contributed by atoms with Crippen molar-refractivity contribution in [3.63, 3.8) is 0 Å². The molecule has 3 rings (SSSR count). The standard InChI is InChI=1S/C15H19N3O2S/c1-18(2)8-7-16-14(19)15(5-6-15)13-10-11(20-17-13)12-4-3-9-21-12/h3-4,9-10H,5-8H2,1-2H3,(H,16,19). The zero-order valence-electron chi connectivity index (χ0n) is 12.3. The number of carbonyl (C=O) groups is 1. The Balaban J connectivity index is 1.69. The van der Waals surface area contributed by atoms with E-state index in [0.717, 1.165) is 35.7 Å². The summed E-state index contributed by atoms with van der Waals surface area (Å²) >= 11 is 1.61. The smallest absolute Gasteiger partial charge is 0.232 e. The summed E-state index contributed by atoms with van der Waals surface area (Å²) in [5.41, 5.74) is 0.291. The van der Waals surface area contributed by atoms with Crippen molar-refractivity contribution in [2.24, 2.45) is 0 Å². The molecule has 1 fully saturated rings. The number of hydrogen-bond acceptors (Lipinski definition) is 5. The van der Waals surface area contributed by atoms with Crippen LogP contribution in [0.3, 0.4) is 0 Å². The molecule has 5 nitrogen and oxygen atoms in total. The van der Waals surface area contributed by atoms with E-state index in [2.05, 4.69) is 10.5 Å². The lowest BCUT2D eigenvalue weighted by atomic mass is 10.0. The molecule has 0 aliphatic heterocycles. The van der Waals surface area contributed by atoms with E-state index < -0.39 is 5.41 Å². The SMILES string of the molecule is CN(C)CCNC(=O)C1(c2cc(-c3cccs3)on2)CC1. The number of aromatic nitrogens is 1. The normalized spacial score (nSPS) is 16.1. The predicted molar refractivity (Wildman–Crippen MR) is 82.3 cm³/mol. The molecule has 0 spiro atoms. The minimum Gasteiger partial charge on any atom is -0.355 e. The largest absolute Gasteiger partial charge is 0.355 e. The van der Waals surface area contributed by atoms with E-state index in [1.165, 1.54) is 0 Å². The topological polar surface area (TPSA) is 58.4 Å². The first-order chi connectivity index (χ1) is 10.1. The number of amides is 1. The lowest BCUT2D eigenvalue weighted by Gasteiger charge is -2.14. The lowest BCUT2D eigenvalue weighted by Crippen LogP contribution is -2.38. The summed E-state index contributed by atoms with van der Waals surface area (Å²) in [5, 5.41) is 9.13. The molecule has 2 aromatic rings. The molecule has 0 bridgehead atoms. The summed E-state index contributed by atoms with van der Waals surface area (Å²) in [6.07, 6.45) is 1.69. The number of nitrogens with zero attached hydrogens (tertiary/aromatic N) is 2.